The lowest BCUT2D eigenvalue weighted by atomic mass is 10.0. The van der Waals surface area contributed by atoms with Crippen LogP contribution in [0.4, 0.5) is 0 Å². The Morgan fingerprint density at radius 2 is 2.17 bits per heavy atom. The third-order valence-corrected chi connectivity index (χ3v) is 4.44. The first kappa shape index (κ1) is 15.1. The van der Waals surface area contributed by atoms with E-state index in [-0.39, 0.29) is 17.5 Å². The summed E-state index contributed by atoms with van der Waals surface area (Å²) in [7, 11) is -1.91. The third kappa shape index (κ3) is 3.54. The third-order valence-electron chi connectivity index (χ3n) is 3.15. The second-order valence-electron chi connectivity index (χ2n) is 4.54. The minimum absolute atomic E-state index is 0.00691. The highest BCUT2D eigenvalue weighted by atomic mass is 32.2. The van der Waals surface area contributed by atoms with E-state index in [1.165, 1.54) is 6.20 Å². The molecule has 0 radical (unpaired) electrons. The summed E-state index contributed by atoms with van der Waals surface area (Å²) < 4.78 is 27.8. The average molecular weight is 275 g/mol. The Morgan fingerprint density at radius 1 is 1.56 bits per heavy atom. The number of nitrogens with zero attached hydrogens (tertiary/aromatic N) is 2. The van der Waals surface area contributed by atoms with E-state index in [1.54, 1.807) is 18.5 Å². The molecule has 2 unspecified atom stereocenters. The highest BCUT2D eigenvalue weighted by Crippen LogP contribution is 2.10. The Balaban J connectivity index is 2.71. The standard InChI is InChI=1S/C11H21N3O3S/c1-5-8(2)10(15)6-12-18(16,17)11-7-14(4)9(3)13-11/h7-8,10,12,15H,5-6H2,1-4H3. The van der Waals surface area contributed by atoms with Crippen LogP contribution in [0.3, 0.4) is 0 Å². The largest absolute Gasteiger partial charge is 0.391 e. The fraction of sp³-hybridized carbons (Fsp3) is 0.727. The Bertz CT molecular complexity index is 476. The summed E-state index contributed by atoms with van der Waals surface area (Å²) in [6.07, 6.45) is 1.56. The van der Waals surface area contributed by atoms with Crippen molar-refractivity contribution in [2.24, 2.45) is 13.0 Å². The summed E-state index contributed by atoms with van der Waals surface area (Å²) in [4.78, 5) is 3.96. The van der Waals surface area contributed by atoms with Crippen molar-refractivity contribution in [2.45, 2.75) is 38.3 Å². The lowest BCUT2D eigenvalue weighted by Gasteiger charge is -2.17. The first-order valence-corrected chi connectivity index (χ1v) is 7.44. The zero-order valence-electron chi connectivity index (χ0n) is 11.2. The molecule has 1 heterocycles. The molecule has 7 heteroatoms. The molecule has 0 spiro atoms. The second kappa shape index (κ2) is 5.81. The Labute approximate surface area is 108 Å². The molecule has 1 aromatic rings. The number of aryl methyl sites for hydroxylation is 2. The molecule has 18 heavy (non-hydrogen) atoms. The maximum Gasteiger partial charge on any atom is 0.259 e. The molecule has 0 aliphatic heterocycles. The van der Waals surface area contributed by atoms with Crippen LogP contribution in [0.2, 0.25) is 0 Å². The molecular weight excluding hydrogens is 254 g/mol. The van der Waals surface area contributed by atoms with Crippen LogP contribution in [0.5, 0.6) is 0 Å². The molecule has 2 atom stereocenters. The van der Waals surface area contributed by atoms with Gasteiger partial charge in [-0.25, -0.2) is 18.1 Å². The minimum atomic E-state index is -3.64. The van der Waals surface area contributed by atoms with Gasteiger partial charge in [0.1, 0.15) is 5.82 Å². The number of imidazole rings is 1. The molecule has 1 rings (SSSR count). The number of aromatic nitrogens is 2. The number of hydrogen-bond acceptors (Lipinski definition) is 4. The van der Waals surface area contributed by atoms with E-state index in [1.807, 2.05) is 13.8 Å². The monoisotopic (exact) mass is 275 g/mol. The molecule has 1 aromatic heterocycles. The summed E-state index contributed by atoms with van der Waals surface area (Å²) >= 11 is 0. The zero-order chi connectivity index (χ0) is 13.9. The maximum atomic E-state index is 11.9. The van der Waals surface area contributed by atoms with Crippen LogP contribution in [-0.4, -0.2) is 35.7 Å². The van der Waals surface area contributed by atoms with Crippen molar-refractivity contribution in [3.63, 3.8) is 0 Å². The minimum Gasteiger partial charge on any atom is -0.391 e. The van der Waals surface area contributed by atoms with Crippen molar-refractivity contribution in [3.05, 3.63) is 12.0 Å². The van der Waals surface area contributed by atoms with Crippen molar-refractivity contribution in [2.75, 3.05) is 6.54 Å². The van der Waals surface area contributed by atoms with Crippen LogP contribution in [0.1, 0.15) is 26.1 Å². The molecule has 0 saturated carbocycles. The molecule has 0 aliphatic carbocycles. The number of hydrogen-bond donors (Lipinski definition) is 2. The number of nitrogens with one attached hydrogen (secondary N) is 1. The van der Waals surface area contributed by atoms with Crippen molar-refractivity contribution in [1.29, 1.82) is 0 Å². The number of aliphatic hydroxyl groups excluding tert-OH is 1. The van der Waals surface area contributed by atoms with Gasteiger partial charge in [-0.15, -0.1) is 0 Å². The lowest BCUT2D eigenvalue weighted by Crippen LogP contribution is -2.35. The molecule has 0 fully saturated rings. The van der Waals surface area contributed by atoms with Crippen LogP contribution >= 0.6 is 0 Å². The summed E-state index contributed by atoms with van der Waals surface area (Å²) in [6.45, 7) is 5.56. The highest BCUT2D eigenvalue weighted by molar-refractivity contribution is 7.89. The van der Waals surface area contributed by atoms with Crippen LogP contribution in [0.25, 0.3) is 0 Å². The molecule has 0 saturated heterocycles. The lowest BCUT2D eigenvalue weighted by molar-refractivity contribution is 0.118. The summed E-state index contributed by atoms with van der Waals surface area (Å²) in [5.74, 6) is 0.677. The summed E-state index contributed by atoms with van der Waals surface area (Å²) in [6, 6.07) is 0. The van der Waals surface area contributed by atoms with Gasteiger partial charge >= 0.3 is 0 Å². The highest BCUT2D eigenvalue weighted by Gasteiger charge is 2.21. The smallest absolute Gasteiger partial charge is 0.259 e. The van der Waals surface area contributed by atoms with Gasteiger partial charge in [-0.2, -0.15) is 0 Å². The van der Waals surface area contributed by atoms with Crippen LogP contribution < -0.4 is 4.72 Å². The van der Waals surface area contributed by atoms with E-state index in [0.717, 1.165) is 6.42 Å². The average Bonchev–Trinajstić information content (AvgIpc) is 2.66. The second-order valence-corrected chi connectivity index (χ2v) is 6.26. The molecule has 0 bridgehead atoms. The van der Waals surface area contributed by atoms with Crippen LogP contribution in [0.15, 0.2) is 11.2 Å². The van der Waals surface area contributed by atoms with E-state index < -0.39 is 16.1 Å². The summed E-state index contributed by atoms with van der Waals surface area (Å²) in [5, 5.41) is 9.72. The molecule has 0 aliphatic rings. The predicted molar refractivity (Wildman–Crippen MR) is 68.6 cm³/mol. The maximum absolute atomic E-state index is 11.9. The normalized spacial score (nSPS) is 15.6. The van der Waals surface area contributed by atoms with Crippen molar-refractivity contribution in [1.82, 2.24) is 14.3 Å². The van der Waals surface area contributed by atoms with Crippen molar-refractivity contribution < 1.29 is 13.5 Å². The van der Waals surface area contributed by atoms with E-state index in [0.29, 0.717) is 5.82 Å². The topological polar surface area (TPSA) is 84.2 Å². The number of aliphatic hydroxyl groups is 1. The Morgan fingerprint density at radius 3 is 2.61 bits per heavy atom. The van der Waals surface area contributed by atoms with Gasteiger partial charge in [0, 0.05) is 19.8 Å². The zero-order valence-corrected chi connectivity index (χ0v) is 12.0. The van der Waals surface area contributed by atoms with Gasteiger partial charge in [0.05, 0.1) is 6.10 Å². The van der Waals surface area contributed by atoms with Crippen molar-refractivity contribution in [3.8, 4) is 0 Å². The van der Waals surface area contributed by atoms with Crippen LogP contribution in [-0.2, 0) is 17.1 Å². The molecule has 104 valence electrons. The van der Waals surface area contributed by atoms with Gasteiger partial charge in [-0.1, -0.05) is 20.3 Å². The number of sulfonamides is 1. The van der Waals surface area contributed by atoms with Gasteiger partial charge in [0.2, 0.25) is 0 Å². The molecule has 2 N–H and O–H groups in total. The van der Waals surface area contributed by atoms with E-state index in [4.69, 9.17) is 0 Å². The summed E-state index contributed by atoms with van der Waals surface area (Å²) in [5.41, 5.74) is 0. The van der Waals surface area contributed by atoms with E-state index >= 15 is 0 Å². The Kier molecular flexibility index (Phi) is 4.89. The first-order valence-electron chi connectivity index (χ1n) is 5.95. The van der Waals surface area contributed by atoms with Gasteiger partial charge < -0.3 is 9.67 Å². The van der Waals surface area contributed by atoms with Gasteiger partial charge in [0.15, 0.2) is 5.03 Å². The fourth-order valence-electron chi connectivity index (χ4n) is 1.40. The molecule has 0 amide bonds. The number of rotatable bonds is 6. The SMILES string of the molecule is CCC(C)C(O)CNS(=O)(=O)c1cn(C)c(C)n1. The van der Waals surface area contributed by atoms with E-state index in [2.05, 4.69) is 9.71 Å². The molecular formula is C11H21N3O3S. The first-order chi connectivity index (χ1) is 8.27. The fourth-order valence-corrected chi connectivity index (χ4v) is 2.49. The quantitative estimate of drug-likeness (QED) is 0.788. The van der Waals surface area contributed by atoms with Gasteiger partial charge in [-0.3, -0.25) is 0 Å². The molecule has 0 aromatic carbocycles. The van der Waals surface area contributed by atoms with Gasteiger partial charge in [-0.05, 0) is 12.8 Å². The Hall–Kier alpha value is -0.920. The van der Waals surface area contributed by atoms with E-state index in [9.17, 15) is 13.5 Å². The predicted octanol–water partition coefficient (Wildman–Crippen LogP) is 0.414. The van der Waals surface area contributed by atoms with Gasteiger partial charge in [0.25, 0.3) is 10.0 Å². The van der Waals surface area contributed by atoms with Crippen molar-refractivity contribution >= 4 is 10.0 Å². The molecule has 6 nitrogen and oxygen atoms in total. The van der Waals surface area contributed by atoms with Crippen LogP contribution in [0, 0.1) is 12.8 Å².